The van der Waals surface area contributed by atoms with E-state index in [-0.39, 0.29) is 11.9 Å². The van der Waals surface area contributed by atoms with Crippen molar-refractivity contribution in [2.24, 2.45) is 11.8 Å². The van der Waals surface area contributed by atoms with Crippen LogP contribution in [0.5, 0.6) is 0 Å². The number of hydrogen-bond acceptors (Lipinski definition) is 3. The molecule has 88 valence electrons. The predicted molar refractivity (Wildman–Crippen MR) is 60.6 cm³/mol. The first kappa shape index (κ1) is 12.5. The molecule has 0 saturated heterocycles. The van der Waals surface area contributed by atoms with E-state index >= 15 is 0 Å². The van der Waals surface area contributed by atoms with Crippen molar-refractivity contribution in [2.45, 2.75) is 39.7 Å². The number of hydrogen-bond donors (Lipinski definition) is 0. The molecule has 0 aromatic carbocycles. The Morgan fingerprint density at radius 2 is 2.00 bits per heavy atom. The number of methoxy groups -OCH3 is 1. The van der Waals surface area contributed by atoms with Crippen molar-refractivity contribution in [1.82, 2.24) is 4.90 Å². The average Bonchev–Trinajstić information content (AvgIpc) is 2.99. The summed E-state index contributed by atoms with van der Waals surface area (Å²) >= 11 is 0. The van der Waals surface area contributed by atoms with Gasteiger partial charge in [-0.15, -0.1) is 0 Å². The molecule has 1 atom stereocenters. The van der Waals surface area contributed by atoms with Gasteiger partial charge in [0.15, 0.2) is 0 Å². The van der Waals surface area contributed by atoms with Crippen LogP contribution >= 0.6 is 0 Å². The molecule has 1 aliphatic carbocycles. The van der Waals surface area contributed by atoms with Gasteiger partial charge in [-0.1, -0.05) is 6.92 Å². The first-order chi connectivity index (χ1) is 7.04. The van der Waals surface area contributed by atoms with Gasteiger partial charge in [-0.25, -0.2) is 0 Å². The molecule has 0 spiro atoms. The standard InChI is InChI=1S/C12H23NO2/c1-9(2)13(8-11-5-6-11)7-10(3)12(14)15-4/h9-11H,5-8H2,1-4H3. The van der Waals surface area contributed by atoms with E-state index in [0.717, 1.165) is 19.0 Å². The van der Waals surface area contributed by atoms with Crippen LogP contribution in [0.15, 0.2) is 0 Å². The molecule has 3 heteroatoms. The minimum atomic E-state index is -0.101. The maximum absolute atomic E-state index is 11.3. The second kappa shape index (κ2) is 5.50. The lowest BCUT2D eigenvalue weighted by atomic mass is 10.1. The van der Waals surface area contributed by atoms with Gasteiger partial charge in [0.05, 0.1) is 13.0 Å². The second-order valence-electron chi connectivity index (χ2n) is 4.92. The zero-order chi connectivity index (χ0) is 11.4. The molecule has 1 unspecified atom stereocenters. The van der Waals surface area contributed by atoms with Crippen LogP contribution in [0.25, 0.3) is 0 Å². The Morgan fingerprint density at radius 3 is 2.40 bits per heavy atom. The van der Waals surface area contributed by atoms with Crippen LogP contribution in [0.4, 0.5) is 0 Å². The minimum absolute atomic E-state index is 0.0175. The van der Waals surface area contributed by atoms with Gasteiger partial charge < -0.3 is 4.74 Å². The summed E-state index contributed by atoms with van der Waals surface area (Å²) in [4.78, 5) is 13.7. The normalized spacial score (nSPS) is 18.3. The first-order valence-electron chi connectivity index (χ1n) is 5.86. The Labute approximate surface area is 92.8 Å². The van der Waals surface area contributed by atoms with Crippen molar-refractivity contribution in [3.8, 4) is 0 Å². The van der Waals surface area contributed by atoms with Gasteiger partial charge in [0.25, 0.3) is 0 Å². The van der Waals surface area contributed by atoms with Crippen LogP contribution in [0.2, 0.25) is 0 Å². The summed E-state index contributed by atoms with van der Waals surface area (Å²) in [6.45, 7) is 8.27. The Balaban J connectivity index is 2.38. The molecule has 1 rings (SSSR count). The van der Waals surface area contributed by atoms with E-state index in [2.05, 4.69) is 18.7 Å². The molecule has 1 aliphatic rings. The quantitative estimate of drug-likeness (QED) is 0.631. The molecule has 0 N–H and O–H groups in total. The van der Waals surface area contributed by atoms with Crippen molar-refractivity contribution in [3.63, 3.8) is 0 Å². The Kier molecular flexibility index (Phi) is 4.58. The summed E-state index contributed by atoms with van der Waals surface area (Å²) < 4.78 is 4.75. The molecule has 0 aromatic heterocycles. The monoisotopic (exact) mass is 213 g/mol. The fourth-order valence-electron chi connectivity index (χ4n) is 1.76. The van der Waals surface area contributed by atoms with E-state index in [1.54, 1.807) is 0 Å². The molecule has 0 bridgehead atoms. The molecule has 0 aliphatic heterocycles. The molecule has 0 heterocycles. The second-order valence-corrected chi connectivity index (χ2v) is 4.92. The Hall–Kier alpha value is -0.570. The third-order valence-corrected chi connectivity index (χ3v) is 3.03. The van der Waals surface area contributed by atoms with Crippen LogP contribution in [0.1, 0.15) is 33.6 Å². The van der Waals surface area contributed by atoms with Crippen LogP contribution < -0.4 is 0 Å². The lowest BCUT2D eigenvalue weighted by Gasteiger charge is -2.28. The largest absolute Gasteiger partial charge is 0.469 e. The molecule has 1 fully saturated rings. The van der Waals surface area contributed by atoms with E-state index in [9.17, 15) is 4.79 Å². The van der Waals surface area contributed by atoms with E-state index in [4.69, 9.17) is 4.74 Å². The summed E-state index contributed by atoms with van der Waals surface area (Å²) in [5, 5.41) is 0. The summed E-state index contributed by atoms with van der Waals surface area (Å²) in [6.07, 6.45) is 2.71. The van der Waals surface area contributed by atoms with Gasteiger partial charge in [0, 0.05) is 19.1 Å². The maximum atomic E-state index is 11.3. The maximum Gasteiger partial charge on any atom is 0.309 e. The molecule has 3 nitrogen and oxygen atoms in total. The highest BCUT2D eigenvalue weighted by atomic mass is 16.5. The van der Waals surface area contributed by atoms with E-state index in [0.29, 0.717) is 6.04 Å². The highest BCUT2D eigenvalue weighted by molar-refractivity contribution is 5.72. The van der Waals surface area contributed by atoms with Gasteiger partial charge in [0.2, 0.25) is 0 Å². The lowest BCUT2D eigenvalue weighted by molar-refractivity contribution is -0.145. The predicted octanol–water partition coefficient (Wildman–Crippen LogP) is 1.92. The third-order valence-electron chi connectivity index (χ3n) is 3.03. The van der Waals surface area contributed by atoms with Crippen LogP contribution in [0, 0.1) is 11.8 Å². The zero-order valence-electron chi connectivity index (χ0n) is 10.3. The number of nitrogens with zero attached hydrogens (tertiary/aromatic N) is 1. The van der Waals surface area contributed by atoms with Crippen molar-refractivity contribution in [1.29, 1.82) is 0 Å². The SMILES string of the molecule is COC(=O)C(C)CN(CC1CC1)C(C)C. The molecular formula is C12H23NO2. The van der Waals surface area contributed by atoms with Gasteiger partial charge in [-0.2, -0.15) is 0 Å². The van der Waals surface area contributed by atoms with Crippen LogP contribution in [0.3, 0.4) is 0 Å². The fraction of sp³-hybridized carbons (Fsp3) is 0.917. The fourth-order valence-corrected chi connectivity index (χ4v) is 1.76. The van der Waals surface area contributed by atoms with E-state index in [1.807, 2.05) is 6.92 Å². The van der Waals surface area contributed by atoms with E-state index < -0.39 is 0 Å². The van der Waals surface area contributed by atoms with Gasteiger partial charge in [-0.05, 0) is 32.6 Å². The summed E-state index contributed by atoms with van der Waals surface area (Å²) in [5.41, 5.74) is 0. The van der Waals surface area contributed by atoms with Crippen molar-refractivity contribution >= 4 is 5.97 Å². The molecule has 1 saturated carbocycles. The minimum Gasteiger partial charge on any atom is -0.469 e. The molecule has 0 aromatic rings. The smallest absolute Gasteiger partial charge is 0.309 e. The summed E-state index contributed by atoms with van der Waals surface area (Å²) in [5.74, 6) is 0.754. The Bertz CT molecular complexity index is 212. The molecule has 15 heavy (non-hydrogen) atoms. The highest BCUT2D eigenvalue weighted by Crippen LogP contribution is 2.30. The number of carbonyl (C=O) groups excluding carboxylic acids is 1. The highest BCUT2D eigenvalue weighted by Gasteiger charge is 2.27. The number of carbonyl (C=O) groups is 1. The molecule has 0 amide bonds. The van der Waals surface area contributed by atoms with Crippen LogP contribution in [-0.4, -0.2) is 37.1 Å². The average molecular weight is 213 g/mol. The molecule has 0 radical (unpaired) electrons. The van der Waals surface area contributed by atoms with Gasteiger partial charge in [-0.3, -0.25) is 9.69 Å². The number of rotatable bonds is 6. The topological polar surface area (TPSA) is 29.5 Å². The van der Waals surface area contributed by atoms with Gasteiger partial charge >= 0.3 is 5.97 Å². The molecular weight excluding hydrogens is 190 g/mol. The third kappa shape index (κ3) is 4.20. The van der Waals surface area contributed by atoms with Crippen molar-refractivity contribution < 1.29 is 9.53 Å². The van der Waals surface area contributed by atoms with Crippen molar-refractivity contribution in [2.75, 3.05) is 20.2 Å². The first-order valence-corrected chi connectivity index (χ1v) is 5.86. The van der Waals surface area contributed by atoms with Crippen molar-refractivity contribution in [3.05, 3.63) is 0 Å². The van der Waals surface area contributed by atoms with Crippen LogP contribution in [-0.2, 0) is 9.53 Å². The summed E-state index contributed by atoms with van der Waals surface area (Å²) in [7, 11) is 1.46. The Morgan fingerprint density at radius 1 is 1.40 bits per heavy atom. The van der Waals surface area contributed by atoms with Gasteiger partial charge in [0.1, 0.15) is 0 Å². The summed E-state index contributed by atoms with van der Waals surface area (Å²) in [6, 6.07) is 0.512. The zero-order valence-corrected chi connectivity index (χ0v) is 10.3. The number of esters is 1. The lowest BCUT2D eigenvalue weighted by Crippen LogP contribution is -2.38. The van der Waals surface area contributed by atoms with E-state index in [1.165, 1.54) is 20.0 Å². The number of ether oxygens (including phenoxy) is 1.